The van der Waals surface area contributed by atoms with Gasteiger partial charge in [-0.15, -0.1) is 0 Å². The zero-order valence-electron chi connectivity index (χ0n) is 9.59. The molecule has 2 heteroatoms. The molecule has 82 valence electrons. The predicted molar refractivity (Wildman–Crippen MR) is 67.9 cm³/mol. The molecule has 0 aliphatic carbocycles. The van der Waals surface area contributed by atoms with Crippen LogP contribution in [-0.4, -0.2) is 0 Å². The van der Waals surface area contributed by atoms with E-state index in [1.54, 1.807) is 12.2 Å². The highest BCUT2D eigenvalue weighted by Crippen LogP contribution is 2.12. The summed E-state index contributed by atoms with van der Waals surface area (Å²) in [6.45, 7) is 11.3. The quantitative estimate of drug-likeness (QED) is 0.676. The Bertz CT molecular complexity index is 330. The Morgan fingerprint density at radius 1 is 1.27 bits per heavy atom. The zero-order chi connectivity index (χ0) is 11.8. The van der Waals surface area contributed by atoms with Crippen LogP contribution in [0, 0.1) is 0 Å². The highest BCUT2D eigenvalue weighted by molar-refractivity contribution is 5.44. The lowest BCUT2D eigenvalue weighted by atomic mass is 10.1. The SMILES string of the molecule is C=C/C=C(C=C)/C(N)=C(C)/C=C(\N)CC. The second-order valence-corrected chi connectivity index (χ2v) is 3.23. The first-order chi connectivity index (χ1) is 7.06. The Morgan fingerprint density at radius 3 is 2.27 bits per heavy atom. The summed E-state index contributed by atoms with van der Waals surface area (Å²) in [7, 11) is 0. The van der Waals surface area contributed by atoms with Gasteiger partial charge in [0.1, 0.15) is 0 Å². The lowest BCUT2D eigenvalue weighted by Gasteiger charge is -2.06. The molecule has 0 atom stereocenters. The highest BCUT2D eigenvalue weighted by Gasteiger charge is 1.99. The van der Waals surface area contributed by atoms with E-state index in [-0.39, 0.29) is 0 Å². The van der Waals surface area contributed by atoms with Crippen LogP contribution < -0.4 is 11.5 Å². The number of allylic oxidation sites excluding steroid dienone is 6. The van der Waals surface area contributed by atoms with Gasteiger partial charge in [-0.1, -0.05) is 38.3 Å². The lowest BCUT2D eigenvalue weighted by molar-refractivity contribution is 1.06. The van der Waals surface area contributed by atoms with Gasteiger partial charge < -0.3 is 11.5 Å². The Kier molecular flexibility index (Phi) is 5.95. The van der Waals surface area contributed by atoms with Crippen LogP contribution in [0.5, 0.6) is 0 Å². The van der Waals surface area contributed by atoms with Gasteiger partial charge in [0.15, 0.2) is 0 Å². The monoisotopic (exact) mass is 204 g/mol. The van der Waals surface area contributed by atoms with Crippen LogP contribution in [0.4, 0.5) is 0 Å². The molecule has 0 fully saturated rings. The van der Waals surface area contributed by atoms with Crippen molar-refractivity contribution in [3.63, 3.8) is 0 Å². The molecule has 0 heterocycles. The molecule has 0 aromatic heterocycles. The number of rotatable bonds is 5. The van der Waals surface area contributed by atoms with Crippen LogP contribution >= 0.6 is 0 Å². The van der Waals surface area contributed by atoms with Crippen molar-refractivity contribution < 1.29 is 0 Å². The third kappa shape index (κ3) is 4.36. The Morgan fingerprint density at radius 2 is 1.87 bits per heavy atom. The summed E-state index contributed by atoms with van der Waals surface area (Å²) in [5, 5.41) is 0. The van der Waals surface area contributed by atoms with Crippen LogP contribution in [0.1, 0.15) is 20.3 Å². The zero-order valence-corrected chi connectivity index (χ0v) is 9.59. The van der Waals surface area contributed by atoms with E-state index in [4.69, 9.17) is 11.5 Å². The minimum atomic E-state index is 0.682. The molecule has 0 bridgehead atoms. The largest absolute Gasteiger partial charge is 0.402 e. The molecule has 0 radical (unpaired) electrons. The third-order valence-electron chi connectivity index (χ3n) is 2.06. The van der Waals surface area contributed by atoms with Gasteiger partial charge in [0, 0.05) is 11.4 Å². The third-order valence-corrected chi connectivity index (χ3v) is 2.06. The summed E-state index contributed by atoms with van der Waals surface area (Å²) in [6, 6.07) is 0. The number of hydrogen-bond acceptors (Lipinski definition) is 2. The van der Waals surface area contributed by atoms with Crippen LogP contribution in [0.15, 0.2) is 60.0 Å². The Labute approximate surface area is 92.4 Å². The Balaban J connectivity index is 5.16. The van der Waals surface area contributed by atoms with Crippen LogP contribution in [-0.2, 0) is 0 Å². The molecule has 0 aromatic carbocycles. The van der Waals surface area contributed by atoms with Crippen LogP contribution in [0.2, 0.25) is 0 Å². The van der Waals surface area contributed by atoms with E-state index < -0.39 is 0 Å². The molecule has 0 rings (SSSR count). The van der Waals surface area contributed by atoms with E-state index in [0.717, 1.165) is 23.3 Å². The van der Waals surface area contributed by atoms with Crippen molar-refractivity contribution >= 4 is 0 Å². The molecule has 2 nitrogen and oxygen atoms in total. The van der Waals surface area contributed by atoms with E-state index in [0.29, 0.717) is 5.70 Å². The number of hydrogen-bond donors (Lipinski definition) is 2. The van der Waals surface area contributed by atoms with Gasteiger partial charge in [-0.05, 0) is 30.6 Å². The van der Waals surface area contributed by atoms with Crippen molar-refractivity contribution in [2.24, 2.45) is 11.5 Å². The molecule has 0 aliphatic heterocycles. The fourth-order valence-corrected chi connectivity index (χ4v) is 1.08. The molecule has 0 unspecified atom stereocenters. The van der Waals surface area contributed by atoms with Gasteiger partial charge >= 0.3 is 0 Å². The standard InChI is InChI=1S/C13H20N2/c1-5-8-11(6-2)13(15)10(4)9-12(14)7-3/h5-6,8-9H,1-2,7,14-15H2,3-4H3/b11-8+,12-9-,13-10-. The van der Waals surface area contributed by atoms with Crippen molar-refractivity contribution in [3.8, 4) is 0 Å². The van der Waals surface area contributed by atoms with Gasteiger partial charge in [-0.3, -0.25) is 0 Å². The van der Waals surface area contributed by atoms with Crippen molar-refractivity contribution in [2.75, 3.05) is 0 Å². The lowest BCUT2D eigenvalue weighted by Crippen LogP contribution is -2.04. The maximum Gasteiger partial charge on any atom is 0.0417 e. The molecule has 0 saturated heterocycles. The van der Waals surface area contributed by atoms with Crippen LogP contribution in [0.3, 0.4) is 0 Å². The smallest absolute Gasteiger partial charge is 0.0417 e. The van der Waals surface area contributed by atoms with Crippen molar-refractivity contribution in [2.45, 2.75) is 20.3 Å². The van der Waals surface area contributed by atoms with Crippen molar-refractivity contribution in [3.05, 3.63) is 60.0 Å². The second-order valence-electron chi connectivity index (χ2n) is 3.23. The normalized spacial score (nSPS) is 14.5. The summed E-state index contributed by atoms with van der Waals surface area (Å²) in [5.74, 6) is 0. The van der Waals surface area contributed by atoms with Crippen molar-refractivity contribution in [1.29, 1.82) is 0 Å². The van der Waals surface area contributed by atoms with E-state index in [9.17, 15) is 0 Å². The van der Waals surface area contributed by atoms with E-state index in [1.165, 1.54) is 0 Å². The number of nitrogens with two attached hydrogens (primary N) is 2. The average Bonchev–Trinajstić information content (AvgIpc) is 2.24. The first-order valence-electron chi connectivity index (χ1n) is 4.94. The predicted octanol–water partition coefficient (Wildman–Crippen LogP) is 2.77. The first-order valence-corrected chi connectivity index (χ1v) is 4.94. The summed E-state index contributed by atoms with van der Waals surface area (Å²) in [4.78, 5) is 0. The molecular formula is C13H20N2. The topological polar surface area (TPSA) is 52.0 Å². The second kappa shape index (κ2) is 6.71. The maximum absolute atomic E-state index is 5.95. The minimum absolute atomic E-state index is 0.682. The summed E-state index contributed by atoms with van der Waals surface area (Å²) in [5.41, 5.74) is 15.0. The molecule has 0 amide bonds. The molecule has 15 heavy (non-hydrogen) atoms. The molecular weight excluding hydrogens is 184 g/mol. The van der Waals surface area contributed by atoms with Gasteiger partial charge in [0.05, 0.1) is 0 Å². The van der Waals surface area contributed by atoms with E-state index in [2.05, 4.69) is 13.2 Å². The van der Waals surface area contributed by atoms with Crippen LogP contribution in [0.25, 0.3) is 0 Å². The molecule has 0 saturated carbocycles. The fraction of sp³-hybridized carbons (Fsp3) is 0.231. The Hall–Kier alpha value is -1.70. The van der Waals surface area contributed by atoms with E-state index >= 15 is 0 Å². The highest BCUT2D eigenvalue weighted by atomic mass is 14.6. The minimum Gasteiger partial charge on any atom is -0.402 e. The maximum atomic E-state index is 5.95. The van der Waals surface area contributed by atoms with Gasteiger partial charge in [0.25, 0.3) is 0 Å². The summed E-state index contributed by atoms with van der Waals surface area (Å²) >= 11 is 0. The van der Waals surface area contributed by atoms with Gasteiger partial charge in [-0.2, -0.15) is 0 Å². The van der Waals surface area contributed by atoms with Crippen molar-refractivity contribution in [1.82, 2.24) is 0 Å². The average molecular weight is 204 g/mol. The molecule has 4 N–H and O–H groups in total. The molecule has 0 aromatic rings. The van der Waals surface area contributed by atoms with E-state index in [1.807, 2.05) is 26.0 Å². The fourth-order valence-electron chi connectivity index (χ4n) is 1.08. The molecule has 0 aliphatic rings. The first kappa shape index (κ1) is 13.3. The van der Waals surface area contributed by atoms with Gasteiger partial charge in [-0.25, -0.2) is 0 Å². The molecule has 0 spiro atoms. The summed E-state index contributed by atoms with van der Waals surface area (Å²) in [6.07, 6.45) is 7.91. The van der Waals surface area contributed by atoms with Gasteiger partial charge in [0.2, 0.25) is 0 Å². The summed E-state index contributed by atoms with van der Waals surface area (Å²) < 4.78 is 0.